The number of allylic oxidation sites excluding steroid dienone is 2. The molecule has 0 fully saturated rings. The van der Waals surface area contributed by atoms with Gasteiger partial charge in [-0.05, 0) is 49.9 Å². The largest absolute Gasteiger partial charge is 0.300 e. The molecule has 0 spiro atoms. The Balaban J connectivity index is 2.32. The van der Waals surface area contributed by atoms with Crippen LogP contribution in [-0.4, -0.2) is 5.78 Å². The van der Waals surface area contributed by atoms with Crippen LogP contribution in [0.15, 0.2) is 11.1 Å². The lowest BCUT2D eigenvalue weighted by Gasteiger charge is -2.38. The monoisotopic (exact) mass is 234 g/mol. The van der Waals surface area contributed by atoms with Crippen LogP contribution in [0.25, 0.3) is 0 Å². The third-order valence-corrected chi connectivity index (χ3v) is 5.03. The van der Waals surface area contributed by atoms with E-state index in [0.29, 0.717) is 17.1 Å². The predicted octanol–water partition coefficient (Wildman–Crippen LogP) is 4.37. The molecule has 1 nitrogen and oxygen atoms in total. The molecule has 0 N–H and O–H groups in total. The van der Waals surface area contributed by atoms with Crippen molar-refractivity contribution in [3.05, 3.63) is 11.1 Å². The van der Waals surface area contributed by atoms with Gasteiger partial charge in [0, 0.05) is 5.92 Å². The predicted molar refractivity (Wildman–Crippen MR) is 71.8 cm³/mol. The van der Waals surface area contributed by atoms with E-state index < -0.39 is 0 Å². The Morgan fingerprint density at radius 2 is 1.94 bits per heavy atom. The molecule has 2 aliphatic carbocycles. The molecule has 2 atom stereocenters. The summed E-state index contributed by atoms with van der Waals surface area (Å²) in [5, 5.41) is 0. The first-order valence-electron chi connectivity index (χ1n) is 7.05. The second-order valence-electron chi connectivity index (χ2n) is 6.99. The van der Waals surface area contributed by atoms with Gasteiger partial charge in [-0.15, -0.1) is 0 Å². The van der Waals surface area contributed by atoms with Gasteiger partial charge < -0.3 is 0 Å². The van der Waals surface area contributed by atoms with Crippen molar-refractivity contribution < 1.29 is 4.79 Å². The van der Waals surface area contributed by atoms with Gasteiger partial charge in [0.1, 0.15) is 5.78 Å². The summed E-state index contributed by atoms with van der Waals surface area (Å²) in [6, 6.07) is 0. The zero-order valence-corrected chi connectivity index (χ0v) is 12.0. The SMILES string of the molecule is CC(=O)C1CC2=C(C1)C(C)(C)CCC2C(C)C. The van der Waals surface area contributed by atoms with Crippen molar-refractivity contribution in [1.29, 1.82) is 0 Å². The van der Waals surface area contributed by atoms with Crippen LogP contribution < -0.4 is 0 Å². The number of carbonyl (C=O) groups excluding carboxylic acids is 1. The fourth-order valence-corrected chi connectivity index (χ4v) is 3.79. The third-order valence-electron chi connectivity index (χ3n) is 5.03. The zero-order chi connectivity index (χ0) is 12.8. The van der Waals surface area contributed by atoms with Crippen molar-refractivity contribution in [2.24, 2.45) is 23.2 Å². The van der Waals surface area contributed by atoms with E-state index in [-0.39, 0.29) is 0 Å². The Labute approximate surface area is 106 Å². The summed E-state index contributed by atoms with van der Waals surface area (Å²) in [7, 11) is 0. The lowest BCUT2D eigenvalue weighted by Crippen LogP contribution is -2.26. The summed E-state index contributed by atoms with van der Waals surface area (Å²) < 4.78 is 0. The van der Waals surface area contributed by atoms with Gasteiger partial charge in [-0.2, -0.15) is 0 Å². The second kappa shape index (κ2) is 4.26. The summed E-state index contributed by atoms with van der Waals surface area (Å²) in [4.78, 5) is 11.7. The summed E-state index contributed by atoms with van der Waals surface area (Å²) in [5.41, 5.74) is 3.62. The Morgan fingerprint density at radius 3 is 2.47 bits per heavy atom. The van der Waals surface area contributed by atoms with Crippen LogP contribution in [0.4, 0.5) is 0 Å². The summed E-state index contributed by atoms with van der Waals surface area (Å²) in [5.74, 6) is 2.14. The molecule has 0 bridgehead atoms. The molecule has 0 saturated heterocycles. The average molecular weight is 234 g/mol. The van der Waals surface area contributed by atoms with Crippen LogP contribution in [-0.2, 0) is 4.79 Å². The third kappa shape index (κ3) is 2.21. The molecule has 0 heterocycles. The number of Topliss-reactive ketones (excluding diaryl/α,β-unsaturated/α-hetero) is 1. The highest BCUT2D eigenvalue weighted by molar-refractivity contribution is 5.79. The summed E-state index contributed by atoms with van der Waals surface area (Å²) in [6.45, 7) is 11.1. The molecule has 0 saturated carbocycles. The van der Waals surface area contributed by atoms with E-state index in [2.05, 4.69) is 27.7 Å². The van der Waals surface area contributed by atoms with Crippen LogP contribution in [0.3, 0.4) is 0 Å². The Morgan fingerprint density at radius 1 is 1.29 bits per heavy atom. The lowest BCUT2D eigenvalue weighted by atomic mass is 9.67. The summed E-state index contributed by atoms with van der Waals surface area (Å²) in [6.07, 6.45) is 4.70. The van der Waals surface area contributed by atoms with E-state index in [4.69, 9.17) is 0 Å². The minimum Gasteiger partial charge on any atom is -0.300 e. The number of carbonyl (C=O) groups is 1. The molecule has 2 aliphatic rings. The highest BCUT2D eigenvalue weighted by Crippen LogP contribution is 2.53. The zero-order valence-electron chi connectivity index (χ0n) is 12.0. The molecule has 0 aromatic heterocycles. The summed E-state index contributed by atoms with van der Waals surface area (Å²) >= 11 is 0. The van der Waals surface area contributed by atoms with E-state index in [1.807, 2.05) is 0 Å². The van der Waals surface area contributed by atoms with Gasteiger partial charge in [0.15, 0.2) is 0 Å². The second-order valence-corrected chi connectivity index (χ2v) is 6.99. The van der Waals surface area contributed by atoms with Gasteiger partial charge in [-0.1, -0.05) is 38.8 Å². The van der Waals surface area contributed by atoms with Gasteiger partial charge in [0.05, 0.1) is 0 Å². The molecule has 0 radical (unpaired) electrons. The molecule has 96 valence electrons. The average Bonchev–Trinajstić information content (AvgIpc) is 2.62. The van der Waals surface area contributed by atoms with Crippen molar-refractivity contribution in [2.45, 2.75) is 60.3 Å². The Kier molecular flexibility index (Phi) is 3.22. The molecule has 2 unspecified atom stereocenters. The van der Waals surface area contributed by atoms with E-state index in [9.17, 15) is 4.79 Å². The molecule has 2 rings (SSSR count). The molecule has 17 heavy (non-hydrogen) atoms. The topological polar surface area (TPSA) is 17.1 Å². The van der Waals surface area contributed by atoms with Crippen LogP contribution in [0.1, 0.15) is 60.3 Å². The highest BCUT2D eigenvalue weighted by Gasteiger charge is 2.41. The van der Waals surface area contributed by atoms with Crippen molar-refractivity contribution in [1.82, 2.24) is 0 Å². The molecule has 0 aromatic carbocycles. The number of hydrogen-bond donors (Lipinski definition) is 0. The smallest absolute Gasteiger partial charge is 0.133 e. The van der Waals surface area contributed by atoms with Gasteiger partial charge >= 0.3 is 0 Å². The highest BCUT2D eigenvalue weighted by atomic mass is 16.1. The first kappa shape index (κ1) is 12.9. The first-order chi connectivity index (χ1) is 7.83. The normalized spacial score (nSPS) is 31.9. The molecular formula is C16H26O. The quantitative estimate of drug-likeness (QED) is 0.648. The number of rotatable bonds is 2. The van der Waals surface area contributed by atoms with Crippen molar-refractivity contribution in [3.8, 4) is 0 Å². The van der Waals surface area contributed by atoms with Crippen LogP contribution >= 0.6 is 0 Å². The minimum atomic E-state index is 0.290. The lowest BCUT2D eigenvalue weighted by molar-refractivity contribution is -0.120. The number of hydrogen-bond acceptors (Lipinski definition) is 1. The van der Waals surface area contributed by atoms with Crippen molar-refractivity contribution >= 4 is 5.78 Å². The van der Waals surface area contributed by atoms with Crippen LogP contribution in [0, 0.1) is 23.2 Å². The fourth-order valence-electron chi connectivity index (χ4n) is 3.79. The van der Waals surface area contributed by atoms with E-state index >= 15 is 0 Å². The maximum atomic E-state index is 11.7. The van der Waals surface area contributed by atoms with Gasteiger partial charge in [0.25, 0.3) is 0 Å². The van der Waals surface area contributed by atoms with E-state index in [0.717, 1.165) is 24.7 Å². The minimum absolute atomic E-state index is 0.290. The van der Waals surface area contributed by atoms with Crippen LogP contribution in [0.5, 0.6) is 0 Å². The van der Waals surface area contributed by atoms with Gasteiger partial charge in [-0.3, -0.25) is 4.79 Å². The Hall–Kier alpha value is -0.590. The van der Waals surface area contributed by atoms with Gasteiger partial charge in [-0.25, -0.2) is 0 Å². The molecule has 0 aliphatic heterocycles. The van der Waals surface area contributed by atoms with Crippen molar-refractivity contribution in [2.75, 3.05) is 0 Å². The van der Waals surface area contributed by atoms with E-state index in [1.165, 1.54) is 12.8 Å². The fraction of sp³-hybridized carbons (Fsp3) is 0.812. The van der Waals surface area contributed by atoms with E-state index in [1.54, 1.807) is 18.1 Å². The number of ketones is 1. The maximum absolute atomic E-state index is 11.7. The molecule has 0 amide bonds. The Bertz CT molecular complexity index is 360. The molecule has 0 aromatic rings. The van der Waals surface area contributed by atoms with Crippen molar-refractivity contribution in [3.63, 3.8) is 0 Å². The van der Waals surface area contributed by atoms with Crippen LogP contribution in [0.2, 0.25) is 0 Å². The molecular weight excluding hydrogens is 208 g/mol. The standard InChI is InChI=1S/C16H26O/c1-10(2)13-6-7-16(4,5)15-9-12(11(3)17)8-14(13)15/h10,12-13H,6-9H2,1-5H3. The first-order valence-corrected chi connectivity index (χ1v) is 7.05. The van der Waals surface area contributed by atoms with Gasteiger partial charge in [0.2, 0.25) is 0 Å². The molecule has 1 heteroatoms. The maximum Gasteiger partial charge on any atom is 0.133 e.